The average Bonchev–Trinajstić information content (AvgIpc) is 3.03. The summed E-state index contributed by atoms with van der Waals surface area (Å²) in [7, 11) is 0. The molecule has 3 aromatic rings. The van der Waals surface area contributed by atoms with Crippen LogP contribution in [0.1, 0.15) is 15.9 Å². The normalized spacial score (nSPS) is 11.4. The molecule has 0 aliphatic heterocycles. The van der Waals surface area contributed by atoms with Gasteiger partial charge in [0.2, 0.25) is 5.91 Å². The molecule has 0 atom stereocenters. The Labute approximate surface area is 146 Å². The van der Waals surface area contributed by atoms with E-state index in [2.05, 4.69) is 14.8 Å². The van der Waals surface area contributed by atoms with Crippen molar-refractivity contribution in [1.82, 2.24) is 14.8 Å². The van der Waals surface area contributed by atoms with Crippen molar-refractivity contribution in [2.75, 3.05) is 0 Å². The van der Waals surface area contributed by atoms with Gasteiger partial charge in [-0.05, 0) is 48.9 Å². The first-order valence-electron chi connectivity index (χ1n) is 7.41. The zero-order valence-corrected chi connectivity index (χ0v) is 13.5. The maximum Gasteiger partial charge on any atom is 0.573 e. The molecule has 1 heterocycles. The molecule has 0 aliphatic rings. The first kappa shape index (κ1) is 17.5. The highest BCUT2D eigenvalue weighted by molar-refractivity contribution is 5.94. The van der Waals surface area contributed by atoms with Crippen LogP contribution in [-0.4, -0.2) is 27.0 Å². The van der Waals surface area contributed by atoms with E-state index in [9.17, 15) is 18.0 Å². The molecule has 2 aromatic carbocycles. The fourth-order valence-electron chi connectivity index (χ4n) is 2.40. The lowest BCUT2D eigenvalue weighted by Crippen LogP contribution is -2.17. The number of halogens is 3. The van der Waals surface area contributed by atoms with E-state index in [1.807, 2.05) is 0 Å². The van der Waals surface area contributed by atoms with Crippen molar-refractivity contribution in [3.8, 4) is 22.8 Å². The van der Waals surface area contributed by atoms with Crippen LogP contribution in [0.25, 0.3) is 17.1 Å². The number of primary amides is 1. The fraction of sp³-hybridized carbons (Fsp3) is 0.118. The summed E-state index contributed by atoms with van der Waals surface area (Å²) < 4.78 is 41.8. The summed E-state index contributed by atoms with van der Waals surface area (Å²) in [4.78, 5) is 15.5. The standard InChI is InChI=1S/C17H13F3N4O2/c1-10-8-11(2-7-14(10)15(21)25)16-22-9-24(23-16)12-3-5-13(6-4-12)26-17(18,19)20/h2-9H,1H3,(H2,21,25). The van der Waals surface area contributed by atoms with Gasteiger partial charge in [0, 0.05) is 11.1 Å². The Morgan fingerprint density at radius 3 is 2.42 bits per heavy atom. The Kier molecular flexibility index (Phi) is 4.37. The summed E-state index contributed by atoms with van der Waals surface area (Å²) in [5.74, 6) is -0.437. The van der Waals surface area contributed by atoms with E-state index >= 15 is 0 Å². The molecule has 0 aliphatic carbocycles. The average molecular weight is 362 g/mol. The van der Waals surface area contributed by atoms with Gasteiger partial charge in [0.25, 0.3) is 0 Å². The van der Waals surface area contributed by atoms with Crippen LogP contribution in [0.3, 0.4) is 0 Å². The van der Waals surface area contributed by atoms with Crippen LogP contribution in [0.15, 0.2) is 48.8 Å². The van der Waals surface area contributed by atoms with Crippen molar-refractivity contribution < 1.29 is 22.7 Å². The molecule has 6 nitrogen and oxygen atoms in total. The SMILES string of the molecule is Cc1cc(-c2ncn(-c3ccc(OC(F)(F)F)cc3)n2)ccc1C(N)=O. The highest BCUT2D eigenvalue weighted by Gasteiger charge is 2.31. The van der Waals surface area contributed by atoms with Crippen LogP contribution in [0.5, 0.6) is 5.75 Å². The van der Waals surface area contributed by atoms with Gasteiger partial charge in [-0.2, -0.15) is 0 Å². The molecule has 0 spiro atoms. The number of nitrogens with zero attached hydrogens (tertiary/aromatic N) is 3. The van der Waals surface area contributed by atoms with E-state index in [0.29, 0.717) is 28.2 Å². The van der Waals surface area contributed by atoms with E-state index < -0.39 is 12.3 Å². The first-order chi connectivity index (χ1) is 12.2. The number of hydrogen-bond donors (Lipinski definition) is 1. The number of carbonyl (C=O) groups is 1. The Balaban J connectivity index is 1.84. The molecule has 0 bridgehead atoms. The molecule has 1 aromatic heterocycles. The largest absolute Gasteiger partial charge is 0.573 e. The molecular formula is C17H13F3N4O2. The number of aryl methyl sites for hydroxylation is 1. The zero-order chi connectivity index (χ0) is 18.9. The molecule has 2 N–H and O–H groups in total. The minimum atomic E-state index is -4.74. The minimum absolute atomic E-state index is 0.320. The Hall–Kier alpha value is -3.36. The van der Waals surface area contributed by atoms with Crippen molar-refractivity contribution in [1.29, 1.82) is 0 Å². The number of ether oxygens (including phenoxy) is 1. The highest BCUT2D eigenvalue weighted by Crippen LogP contribution is 2.24. The summed E-state index contributed by atoms with van der Waals surface area (Å²) in [5, 5.41) is 4.30. The number of aromatic nitrogens is 3. The second-order valence-corrected chi connectivity index (χ2v) is 5.45. The van der Waals surface area contributed by atoms with Crippen LogP contribution in [0.2, 0.25) is 0 Å². The van der Waals surface area contributed by atoms with E-state index in [1.165, 1.54) is 35.3 Å². The van der Waals surface area contributed by atoms with Gasteiger partial charge in [-0.15, -0.1) is 18.3 Å². The highest BCUT2D eigenvalue weighted by atomic mass is 19.4. The van der Waals surface area contributed by atoms with E-state index in [4.69, 9.17) is 5.73 Å². The molecule has 26 heavy (non-hydrogen) atoms. The number of carbonyl (C=O) groups excluding carboxylic acids is 1. The smallest absolute Gasteiger partial charge is 0.406 e. The molecule has 0 fully saturated rings. The van der Waals surface area contributed by atoms with Gasteiger partial charge in [0.15, 0.2) is 5.82 Å². The van der Waals surface area contributed by atoms with Gasteiger partial charge in [0.05, 0.1) is 5.69 Å². The first-order valence-corrected chi connectivity index (χ1v) is 7.41. The summed E-state index contributed by atoms with van der Waals surface area (Å²) in [6, 6.07) is 10.2. The molecule has 0 saturated heterocycles. The third-order valence-corrected chi connectivity index (χ3v) is 3.58. The number of amides is 1. The number of nitrogens with two attached hydrogens (primary N) is 1. The van der Waals surface area contributed by atoms with Crippen LogP contribution >= 0.6 is 0 Å². The monoisotopic (exact) mass is 362 g/mol. The third kappa shape index (κ3) is 3.82. The van der Waals surface area contributed by atoms with E-state index in [1.54, 1.807) is 25.1 Å². The molecule has 0 saturated carbocycles. The Morgan fingerprint density at radius 1 is 1.15 bits per heavy atom. The second-order valence-electron chi connectivity index (χ2n) is 5.45. The van der Waals surface area contributed by atoms with E-state index in [0.717, 1.165) is 0 Å². The Bertz CT molecular complexity index is 949. The van der Waals surface area contributed by atoms with Gasteiger partial charge in [0.1, 0.15) is 12.1 Å². The zero-order valence-electron chi connectivity index (χ0n) is 13.5. The minimum Gasteiger partial charge on any atom is -0.406 e. The van der Waals surface area contributed by atoms with Crippen LogP contribution in [0, 0.1) is 6.92 Å². The molecule has 9 heteroatoms. The van der Waals surface area contributed by atoms with Crippen LogP contribution < -0.4 is 10.5 Å². The molecule has 0 radical (unpaired) electrons. The van der Waals surface area contributed by atoms with Crippen molar-refractivity contribution >= 4 is 5.91 Å². The number of hydrogen-bond acceptors (Lipinski definition) is 4. The van der Waals surface area contributed by atoms with Gasteiger partial charge < -0.3 is 10.5 Å². The molecule has 3 rings (SSSR count). The van der Waals surface area contributed by atoms with E-state index in [-0.39, 0.29) is 5.75 Å². The second kappa shape index (κ2) is 6.51. The predicted octanol–water partition coefficient (Wildman–Crippen LogP) is 3.24. The maximum atomic E-state index is 12.2. The Morgan fingerprint density at radius 2 is 1.85 bits per heavy atom. The van der Waals surface area contributed by atoms with Crippen LogP contribution in [0.4, 0.5) is 13.2 Å². The van der Waals surface area contributed by atoms with Crippen molar-refractivity contribution in [2.24, 2.45) is 5.73 Å². The maximum absolute atomic E-state index is 12.2. The molecular weight excluding hydrogens is 349 g/mol. The summed E-state index contributed by atoms with van der Waals surface area (Å²) in [5.41, 5.74) is 7.59. The lowest BCUT2D eigenvalue weighted by atomic mass is 10.0. The predicted molar refractivity (Wildman–Crippen MR) is 86.7 cm³/mol. The quantitative estimate of drug-likeness (QED) is 0.772. The molecule has 134 valence electrons. The van der Waals surface area contributed by atoms with Crippen molar-refractivity contribution in [3.63, 3.8) is 0 Å². The van der Waals surface area contributed by atoms with Crippen molar-refractivity contribution in [2.45, 2.75) is 13.3 Å². The summed E-state index contributed by atoms with van der Waals surface area (Å²) in [6.45, 7) is 1.75. The summed E-state index contributed by atoms with van der Waals surface area (Å²) in [6.07, 6.45) is -3.30. The topological polar surface area (TPSA) is 83.0 Å². The van der Waals surface area contributed by atoms with Gasteiger partial charge in [-0.1, -0.05) is 6.07 Å². The summed E-state index contributed by atoms with van der Waals surface area (Å²) >= 11 is 0. The lowest BCUT2D eigenvalue weighted by molar-refractivity contribution is -0.274. The fourth-order valence-corrected chi connectivity index (χ4v) is 2.40. The lowest BCUT2D eigenvalue weighted by Gasteiger charge is -2.09. The number of benzene rings is 2. The number of rotatable bonds is 4. The molecule has 1 amide bonds. The van der Waals surface area contributed by atoms with Gasteiger partial charge in [-0.3, -0.25) is 4.79 Å². The molecule has 0 unspecified atom stereocenters. The third-order valence-electron chi connectivity index (χ3n) is 3.58. The van der Waals surface area contributed by atoms with Crippen LogP contribution in [-0.2, 0) is 0 Å². The van der Waals surface area contributed by atoms with Crippen molar-refractivity contribution in [3.05, 3.63) is 59.9 Å². The number of alkyl halides is 3. The van der Waals surface area contributed by atoms with Gasteiger partial charge >= 0.3 is 6.36 Å². The van der Waals surface area contributed by atoms with Gasteiger partial charge in [-0.25, -0.2) is 9.67 Å².